The molecule has 1 aromatic heterocycles. The molecule has 6 nitrogen and oxygen atoms in total. The number of benzene rings is 2. The van der Waals surface area contributed by atoms with Gasteiger partial charge in [-0.15, -0.1) is 11.3 Å². The topological polar surface area (TPSA) is 80.8 Å². The number of fused-ring (bicyclic) bond motifs is 1. The van der Waals surface area contributed by atoms with E-state index in [1.54, 1.807) is 0 Å². The number of sulfonamides is 1. The highest BCUT2D eigenvalue weighted by Gasteiger charge is 2.33. The number of rotatable bonds is 6. The second-order valence-electron chi connectivity index (χ2n) is 7.72. The first-order chi connectivity index (χ1) is 15.3. The molecule has 1 aliphatic rings. The molecule has 0 amide bonds. The fourth-order valence-corrected chi connectivity index (χ4v) is 6.45. The van der Waals surface area contributed by atoms with Gasteiger partial charge in [-0.1, -0.05) is 18.2 Å². The van der Waals surface area contributed by atoms with Crippen molar-refractivity contribution in [1.82, 2.24) is 4.31 Å². The van der Waals surface area contributed by atoms with Gasteiger partial charge in [0.05, 0.1) is 15.7 Å². The third-order valence-electron chi connectivity index (χ3n) is 5.68. The number of Topliss-reactive ketones (excluding diaryl/α,β-unsaturated/α-hetero) is 1. The Morgan fingerprint density at radius 1 is 1.09 bits per heavy atom. The van der Waals surface area contributed by atoms with Crippen LogP contribution in [0.5, 0.6) is 0 Å². The van der Waals surface area contributed by atoms with Crippen LogP contribution >= 0.6 is 11.3 Å². The number of nitrogens with zero attached hydrogens (tertiary/aromatic N) is 1. The second kappa shape index (κ2) is 9.09. The van der Waals surface area contributed by atoms with E-state index >= 15 is 0 Å². The molecule has 2 heterocycles. The molecular weight excluding hydrogens is 453 g/mol. The van der Waals surface area contributed by atoms with Gasteiger partial charge in [0.15, 0.2) is 6.61 Å². The average Bonchev–Trinajstić information content (AvgIpc) is 3.14. The van der Waals surface area contributed by atoms with Crippen LogP contribution < -0.4 is 0 Å². The Labute approximate surface area is 189 Å². The van der Waals surface area contributed by atoms with Crippen molar-refractivity contribution < 1.29 is 27.1 Å². The zero-order valence-electron chi connectivity index (χ0n) is 17.4. The number of ketones is 1. The van der Waals surface area contributed by atoms with Crippen LogP contribution in [-0.2, 0) is 19.6 Å². The molecule has 0 spiro atoms. The second-order valence-corrected chi connectivity index (χ2v) is 10.7. The minimum atomic E-state index is -3.75. The molecule has 0 radical (unpaired) electrons. The summed E-state index contributed by atoms with van der Waals surface area (Å²) in [5, 5.41) is 1.02. The average molecular weight is 476 g/mol. The normalized spacial score (nSPS) is 15.7. The van der Waals surface area contributed by atoms with Gasteiger partial charge < -0.3 is 4.74 Å². The van der Waals surface area contributed by atoms with Crippen LogP contribution in [0.25, 0.3) is 10.1 Å². The van der Waals surface area contributed by atoms with Crippen LogP contribution in [0.3, 0.4) is 0 Å². The van der Waals surface area contributed by atoms with E-state index in [1.165, 1.54) is 27.8 Å². The molecule has 9 heteroatoms. The smallest absolute Gasteiger partial charge is 0.309 e. The van der Waals surface area contributed by atoms with Crippen LogP contribution in [0.15, 0.2) is 53.4 Å². The van der Waals surface area contributed by atoms with Crippen LogP contribution in [0.4, 0.5) is 4.39 Å². The molecule has 168 valence electrons. The highest BCUT2D eigenvalue weighted by molar-refractivity contribution is 7.89. The molecule has 2 aromatic carbocycles. The summed E-state index contributed by atoms with van der Waals surface area (Å²) in [4.78, 5) is 25.7. The van der Waals surface area contributed by atoms with Crippen molar-refractivity contribution in [2.75, 3.05) is 19.7 Å². The fourth-order valence-electron chi connectivity index (χ4n) is 3.85. The van der Waals surface area contributed by atoms with E-state index in [4.69, 9.17) is 4.74 Å². The van der Waals surface area contributed by atoms with Gasteiger partial charge >= 0.3 is 5.97 Å². The van der Waals surface area contributed by atoms with E-state index in [2.05, 4.69) is 0 Å². The van der Waals surface area contributed by atoms with Gasteiger partial charge in [0, 0.05) is 17.8 Å². The minimum absolute atomic E-state index is 0.0178. The SMILES string of the molecule is Cc1c(C(=O)COC(=O)C2CCN(S(=O)(=O)c3ccc(F)cc3)CC2)sc2ccccc12. The number of esters is 1. The summed E-state index contributed by atoms with van der Waals surface area (Å²) in [5.74, 6) is -1.71. The number of halogens is 1. The Kier molecular flexibility index (Phi) is 6.41. The third kappa shape index (κ3) is 4.46. The number of hydrogen-bond donors (Lipinski definition) is 0. The molecule has 32 heavy (non-hydrogen) atoms. The lowest BCUT2D eigenvalue weighted by atomic mass is 9.98. The first-order valence-corrected chi connectivity index (χ1v) is 12.5. The van der Waals surface area contributed by atoms with Crippen molar-refractivity contribution in [3.05, 3.63) is 64.8 Å². The summed E-state index contributed by atoms with van der Waals surface area (Å²) in [6.45, 7) is 1.86. The molecule has 0 atom stereocenters. The van der Waals surface area contributed by atoms with Crippen molar-refractivity contribution in [3.8, 4) is 0 Å². The summed E-state index contributed by atoms with van der Waals surface area (Å²) in [6.07, 6.45) is 0.602. The molecule has 0 bridgehead atoms. The molecule has 0 aliphatic carbocycles. The van der Waals surface area contributed by atoms with E-state index in [-0.39, 0.29) is 30.4 Å². The van der Waals surface area contributed by atoms with Crippen molar-refractivity contribution in [3.63, 3.8) is 0 Å². The van der Waals surface area contributed by atoms with Crippen LogP contribution in [0.1, 0.15) is 28.1 Å². The number of carbonyl (C=O) groups excluding carboxylic acids is 2. The lowest BCUT2D eigenvalue weighted by Crippen LogP contribution is -2.40. The summed E-state index contributed by atoms with van der Waals surface area (Å²) in [5.41, 5.74) is 0.881. The predicted octanol–water partition coefficient (Wildman–Crippen LogP) is 4.18. The molecule has 0 saturated carbocycles. The van der Waals surface area contributed by atoms with E-state index in [1.807, 2.05) is 31.2 Å². The van der Waals surface area contributed by atoms with Gasteiger partial charge in [-0.2, -0.15) is 4.31 Å². The predicted molar refractivity (Wildman–Crippen MR) is 120 cm³/mol. The van der Waals surface area contributed by atoms with Crippen molar-refractivity contribution in [2.24, 2.45) is 5.92 Å². The van der Waals surface area contributed by atoms with E-state index in [0.717, 1.165) is 27.8 Å². The summed E-state index contributed by atoms with van der Waals surface area (Å²) in [7, 11) is -3.75. The molecule has 0 N–H and O–H groups in total. The molecule has 1 saturated heterocycles. The molecular formula is C23H22FNO5S2. The molecule has 4 rings (SSSR count). The maximum absolute atomic E-state index is 13.1. The summed E-state index contributed by atoms with van der Waals surface area (Å²) in [6, 6.07) is 12.4. The van der Waals surface area contributed by atoms with Crippen LogP contribution in [0, 0.1) is 18.7 Å². The molecule has 0 unspecified atom stereocenters. The monoisotopic (exact) mass is 475 g/mol. The van der Waals surface area contributed by atoms with Crippen molar-refractivity contribution >= 4 is 43.2 Å². The fraction of sp³-hybridized carbons (Fsp3) is 0.304. The van der Waals surface area contributed by atoms with Gasteiger partial charge in [0.25, 0.3) is 0 Å². The first-order valence-electron chi connectivity index (χ1n) is 10.2. The maximum atomic E-state index is 13.1. The van der Waals surface area contributed by atoms with Crippen molar-refractivity contribution in [1.29, 1.82) is 0 Å². The van der Waals surface area contributed by atoms with Gasteiger partial charge in [-0.25, -0.2) is 12.8 Å². The molecule has 1 aliphatic heterocycles. The van der Waals surface area contributed by atoms with Crippen LogP contribution in [-0.4, -0.2) is 44.2 Å². The van der Waals surface area contributed by atoms with Gasteiger partial charge in [-0.3, -0.25) is 9.59 Å². The highest BCUT2D eigenvalue weighted by Crippen LogP contribution is 2.31. The maximum Gasteiger partial charge on any atom is 0.309 e. The van der Waals surface area contributed by atoms with Gasteiger partial charge in [0.2, 0.25) is 15.8 Å². The van der Waals surface area contributed by atoms with E-state index in [0.29, 0.717) is 17.7 Å². The summed E-state index contributed by atoms with van der Waals surface area (Å²) >= 11 is 1.38. The number of aryl methyl sites for hydroxylation is 1. The van der Waals surface area contributed by atoms with Gasteiger partial charge in [-0.05, 0) is 61.0 Å². The Balaban J connectivity index is 1.33. The largest absolute Gasteiger partial charge is 0.457 e. The lowest BCUT2D eigenvalue weighted by Gasteiger charge is -2.30. The zero-order chi connectivity index (χ0) is 22.9. The zero-order valence-corrected chi connectivity index (χ0v) is 19.0. The van der Waals surface area contributed by atoms with E-state index < -0.39 is 27.7 Å². The summed E-state index contributed by atoms with van der Waals surface area (Å²) < 4.78 is 46.1. The quantitative estimate of drug-likeness (QED) is 0.395. The first kappa shape index (κ1) is 22.6. The Bertz CT molecular complexity index is 1260. The molecule has 3 aromatic rings. The number of thiophene rings is 1. The standard InChI is InChI=1S/C23H22FNO5S2/c1-15-19-4-2-3-5-21(19)31-22(15)20(26)14-30-23(27)16-10-12-25(13-11-16)32(28,29)18-8-6-17(24)7-9-18/h2-9,16H,10-14H2,1H3. The number of ether oxygens (including phenoxy) is 1. The highest BCUT2D eigenvalue weighted by atomic mass is 32.2. The Hall–Kier alpha value is -2.62. The third-order valence-corrected chi connectivity index (χ3v) is 8.91. The van der Waals surface area contributed by atoms with Crippen LogP contribution in [0.2, 0.25) is 0 Å². The lowest BCUT2D eigenvalue weighted by molar-refractivity contribution is -0.148. The molecule has 1 fully saturated rings. The van der Waals surface area contributed by atoms with Crippen molar-refractivity contribution in [2.45, 2.75) is 24.7 Å². The Morgan fingerprint density at radius 3 is 2.41 bits per heavy atom. The number of carbonyl (C=O) groups is 2. The number of piperidine rings is 1. The number of hydrogen-bond acceptors (Lipinski definition) is 6. The van der Waals surface area contributed by atoms with Gasteiger partial charge in [0.1, 0.15) is 5.82 Å². The minimum Gasteiger partial charge on any atom is -0.457 e. The van der Waals surface area contributed by atoms with E-state index in [9.17, 15) is 22.4 Å². The Morgan fingerprint density at radius 2 is 1.75 bits per heavy atom.